The number of thiophene rings is 1. The maximum Gasteiger partial charge on any atom is 0.325 e. The Labute approximate surface area is 125 Å². The van der Waals surface area contributed by atoms with Crippen molar-refractivity contribution < 1.29 is 14.0 Å². The third-order valence-corrected chi connectivity index (χ3v) is 4.32. The largest absolute Gasteiger partial charge is 0.469 e. The number of nitrogens with one attached hydrogen (secondary N) is 2. The van der Waals surface area contributed by atoms with Crippen LogP contribution in [0.15, 0.2) is 40.3 Å². The number of imide groups is 1. The van der Waals surface area contributed by atoms with Crippen LogP contribution in [-0.4, -0.2) is 36.6 Å². The zero-order valence-corrected chi connectivity index (χ0v) is 12.1. The summed E-state index contributed by atoms with van der Waals surface area (Å²) in [6.07, 6.45) is 1.62. The SMILES string of the molecule is O=C1NCCN1C(=O)NCC(c1ccco1)c1cccs1. The Morgan fingerprint density at radius 3 is 3.00 bits per heavy atom. The van der Waals surface area contributed by atoms with E-state index in [2.05, 4.69) is 10.6 Å². The topological polar surface area (TPSA) is 74.6 Å². The maximum atomic E-state index is 12.0. The molecule has 4 amide bonds. The summed E-state index contributed by atoms with van der Waals surface area (Å²) in [4.78, 5) is 25.8. The van der Waals surface area contributed by atoms with Crippen LogP contribution in [0.1, 0.15) is 16.6 Å². The fourth-order valence-electron chi connectivity index (χ4n) is 2.27. The van der Waals surface area contributed by atoms with Crippen molar-refractivity contribution in [1.29, 1.82) is 0 Å². The summed E-state index contributed by atoms with van der Waals surface area (Å²) in [6, 6.07) is 6.96. The van der Waals surface area contributed by atoms with E-state index in [-0.39, 0.29) is 18.0 Å². The Morgan fingerprint density at radius 2 is 2.38 bits per heavy atom. The van der Waals surface area contributed by atoms with Crippen molar-refractivity contribution in [1.82, 2.24) is 15.5 Å². The Morgan fingerprint density at radius 1 is 1.48 bits per heavy atom. The van der Waals surface area contributed by atoms with Gasteiger partial charge in [0.2, 0.25) is 0 Å². The molecule has 2 N–H and O–H groups in total. The van der Waals surface area contributed by atoms with Crippen molar-refractivity contribution in [3.63, 3.8) is 0 Å². The third kappa shape index (κ3) is 2.92. The van der Waals surface area contributed by atoms with Gasteiger partial charge in [-0.05, 0) is 23.6 Å². The number of rotatable bonds is 4. The second-order valence-electron chi connectivity index (χ2n) is 4.65. The first kappa shape index (κ1) is 13.7. The van der Waals surface area contributed by atoms with Gasteiger partial charge in [-0.2, -0.15) is 0 Å². The second-order valence-corrected chi connectivity index (χ2v) is 5.63. The van der Waals surface area contributed by atoms with Gasteiger partial charge < -0.3 is 15.1 Å². The monoisotopic (exact) mass is 305 g/mol. The second kappa shape index (κ2) is 6.01. The van der Waals surface area contributed by atoms with Crippen LogP contribution < -0.4 is 10.6 Å². The standard InChI is InChI=1S/C14H15N3O3S/c18-13-15-5-6-17(13)14(19)16-9-10(11-3-1-7-20-11)12-4-2-8-21-12/h1-4,7-8,10H,5-6,9H2,(H,15,18)(H,16,19). The van der Waals surface area contributed by atoms with E-state index in [1.165, 1.54) is 4.90 Å². The van der Waals surface area contributed by atoms with E-state index >= 15 is 0 Å². The number of carbonyl (C=O) groups is 2. The minimum Gasteiger partial charge on any atom is -0.469 e. The predicted octanol–water partition coefficient (Wildman–Crippen LogP) is 2.21. The maximum absolute atomic E-state index is 12.0. The van der Waals surface area contributed by atoms with Crippen LogP contribution in [0, 0.1) is 0 Å². The predicted molar refractivity (Wildman–Crippen MR) is 78.4 cm³/mol. The van der Waals surface area contributed by atoms with Crippen molar-refractivity contribution in [2.24, 2.45) is 0 Å². The first-order valence-electron chi connectivity index (χ1n) is 6.65. The van der Waals surface area contributed by atoms with Crippen LogP contribution in [0.5, 0.6) is 0 Å². The van der Waals surface area contributed by atoms with Gasteiger partial charge in [-0.15, -0.1) is 11.3 Å². The van der Waals surface area contributed by atoms with E-state index < -0.39 is 0 Å². The molecule has 1 saturated heterocycles. The van der Waals surface area contributed by atoms with Crippen LogP contribution in [0.25, 0.3) is 0 Å². The molecule has 0 radical (unpaired) electrons. The highest BCUT2D eigenvalue weighted by molar-refractivity contribution is 7.10. The summed E-state index contributed by atoms with van der Waals surface area (Å²) < 4.78 is 5.46. The molecule has 1 atom stereocenters. The van der Waals surface area contributed by atoms with Gasteiger partial charge >= 0.3 is 12.1 Å². The summed E-state index contributed by atoms with van der Waals surface area (Å²) in [7, 11) is 0. The van der Waals surface area contributed by atoms with Crippen LogP contribution in [-0.2, 0) is 0 Å². The summed E-state index contributed by atoms with van der Waals surface area (Å²) in [6.45, 7) is 1.28. The Bertz CT molecular complexity index is 575. The zero-order chi connectivity index (χ0) is 14.7. The number of hydrogen-bond acceptors (Lipinski definition) is 4. The molecule has 6 nitrogen and oxygen atoms in total. The minimum absolute atomic E-state index is 0.0467. The molecule has 2 aromatic rings. The molecule has 1 aliphatic rings. The van der Waals surface area contributed by atoms with E-state index in [4.69, 9.17) is 4.42 Å². The molecule has 0 aromatic carbocycles. The lowest BCUT2D eigenvalue weighted by Crippen LogP contribution is -2.43. The van der Waals surface area contributed by atoms with Crippen LogP contribution >= 0.6 is 11.3 Å². The van der Waals surface area contributed by atoms with Gasteiger partial charge in [-0.25, -0.2) is 14.5 Å². The van der Waals surface area contributed by atoms with Crippen LogP contribution in [0.4, 0.5) is 9.59 Å². The van der Waals surface area contributed by atoms with Gasteiger partial charge in [0.25, 0.3) is 0 Å². The van der Waals surface area contributed by atoms with Crippen molar-refractivity contribution in [3.8, 4) is 0 Å². The Kier molecular flexibility index (Phi) is 3.92. The van der Waals surface area contributed by atoms with Gasteiger partial charge in [0, 0.05) is 24.5 Å². The van der Waals surface area contributed by atoms with Gasteiger partial charge in [0.1, 0.15) is 5.76 Å². The minimum atomic E-state index is -0.377. The van der Waals surface area contributed by atoms with Crippen molar-refractivity contribution in [2.75, 3.05) is 19.6 Å². The highest BCUT2D eigenvalue weighted by atomic mass is 32.1. The summed E-state index contributed by atoms with van der Waals surface area (Å²) in [5, 5.41) is 7.39. The first-order valence-corrected chi connectivity index (χ1v) is 7.53. The van der Waals surface area contributed by atoms with E-state index in [0.717, 1.165) is 10.6 Å². The number of furan rings is 1. The molecule has 7 heteroatoms. The lowest BCUT2D eigenvalue weighted by molar-refractivity contribution is 0.198. The molecule has 0 saturated carbocycles. The molecule has 0 bridgehead atoms. The molecule has 1 aliphatic heterocycles. The van der Waals surface area contributed by atoms with Crippen molar-refractivity contribution >= 4 is 23.4 Å². The molecule has 3 heterocycles. The molecule has 3 rings (SSSR count). The molecular formula is C14H15N3O3S. The summed E-state index contributed by atoms with van der Waals surface area (Å²) >= 11 is 1.61. The van der Waals surface area contributed by atoms with Crippen LogP contribution in [0.3, 0.4) is 0 Å². The number of amides is 4. The fraction of sp³-hybridized carbons (Fsp3) is 0.286. The fourth-order valence-corrected chi connectivity index (χ4v) is 3.11. The Balaban J connectivity index is 1.68. The lowest BCUT2D eigenvalue weighted by Gasteiger charge is -2.17. The zero-order valence-electron chi connectivity index (χ0n) is 11.2. The van der Waals surface area contributed by atoms with E-state index in [1.54, 1.807) is 17.6 Å². The van der Waals surface area contributed by atoms with Gasteiger partial charge in [0.15, 0.2) is 0 Å². The highest BCUT2D eigenvalue weighted by Gasteiger charge is 2.27. The van der Waals surface area contributed by atoms with Crippen LogP contribution in [0.2, 0.25) is 0 Å². The highest BCUT2D eigenvalue weighted by Crippen LogP contribution is 2.28. The van der Waals surface area contributed by atoms with E-state index in [0.29, 0.717) is 19.6 Å². The Hall–Kier alpha value is -2.28. The first-order chi connectivity index (χ1) is 10.3. The average molecular weight is 305 g/mol. The molecule has 0 aliphatic carbocycles. The molecule has 21 heavy (non-hydrogen) atoms. The van der Waals surface area contributed by atoms with E-state index in [9.17, 15) is 9.59 Å². The van der Waals surface area contributed by atoms with Crippen molar-refractivity contribution in [3.05, 3.63) is 46.5 Å². The normalized spacial score (nSPS) is 15.8. The molecule has 1 fully saturated rings. The number of urea groups is 2. The molecule has 1 unspecified atom stereocenters. The number of carbonyl (C=O) groups excluding carboxylic acids is 2. The summed E-state index contributed by atoms with van der Waals surface area (Å²) in [5.74, 6) is 0.748. The quantitative estimate of drug-likeness (QED) is 0.909. The molecule has 110 valence electrons. The molecule has 0 spiro atoms. The molecule has 2 aromatic heterocycles. The molecular weight excluding hydrogens is 290 g/mol. The van der Waals surface area contributed by atoms with Gasteiger partial charge in [0.05, 0.1) is 12.2 Å². The summed E-state index contributed by atoms with van der Waals surface area (Å²) in [5.41, 5.74) is 0. The van der Waals surface area contributed by atoms with Crippen molar-refractivity contribution in [2.45, 2.75) is 5.92 Å². The number of hydrogen-bond donors (Lipinski definition) is 2. The number of nitrogens with zero attached hydrogens (tertiary/aromatic N) is 1. The van der Waals surface area contributed by atoms with Gasteiger partial charge in [-0.3, -0.25) is 0 Å². The van der Waals surface area contributed by atoms with E-state index in [1.807, 2.05) is 29.6 Å². The third-order valence-electron chi connectivity index (χ3n) is 3.33. The smallest absolute Gasteiger partial charge is 0.325 e. The van der Waals surface area contributed by atoms with Gasteiger partial charge in [-0.1, -0.05) is 6.07 Å². The lowest BCUT2D eigenvalue weighted by atomic mass is 10.1. The average Bonchev–Trinajstić information content (AvgIpc) is 3.21.